The van der Waals surface area contributed by atoms with Crippen molar-refractivity contribution >= 4 is 5.69 Å². The van der Waals surface area contributed by atoms with Crippen molar-refractivity contribution in [3.8, 4) is 0 Å². The number of rotatable bonds is 3. The van der Waals surface area contributed by atoms with Gasteiger partial charge in [-0.3, -0.25) is 0 Å². The van der Waals surface area contributed by atoms with Crippen molar-refractivity contribution in [3.05, 3.63) is 64.7 Å². The van der Waals surface area contributed by atoms with Crippen LogP contribution in [-0.4, -0.2) is 6.54 Å². The molecule has 1 heterocycles. The first-order chi connectivity index (χ1) is 9.33. The maximum atomic E-state index is 3.58. The largest absolute Gasteiger partial charge is 0.385 e. The molecule has 0 amide bonds. The fourth-order valence-electron chi connectivity index (χ4n) is 2.94. The molecule has 1 heteroatoms. The van der Waals surface area contributed by atoms with E-state index in [1.807, 2.05) is 0 Å². The zero-order valence-electron chi connectivity index (χ0n) is 11.6. The Morgan fingerprint density at radius 1 is 1.05 bits per heavy atom. The van der Waals surface area contributed by atoms with Crippen molar-refractivity contribution in [2.45, 2.75) is 32.6 Å². The topological polar surface area (TPSA) is 12.0 Å². The van der Waals surface area contributed by atoms with Crippen LogP contribution in [0.2, 0.25) is 0 Å². The van der Waals surface area contributed by atoms with E-state index in [1.54, 1.807) is 0 Å². The van der Waals surface area contributed by atoms with Gasteiger partial charge in [-0.2, -0.15) is 0 Å². The number of anilines is 1. The highest BCUT2D eigenvalue weighted by molar-refractivity contribution is 5.59. The summed E-state index contributed by atoms with van der Waals surface area (Å²) >= 11 is 0. The van der Waals surface area contributed by atoms with Crippen molar-refractivity contribution < 1.29 is 0 Å². The van der Waals surface area contributed by atoms with Crippen LogP contribution in [0.4, 0.5) is 5.69 Å². The van der Waals surface area contributed by atoms with Crippen molar-refractivity contribution in [1.29, 1.82) is 0 Å². The molecule has 0 fully saturated rings. The first kappa shape index (κ1) is 12.3. The number of hydrogen-bond donors (Lipinski definition) is 1. The Morgan fingerprint density at radius 2 is 1.95 bits per heavy atom. The van der Waals surface area contributed by atoms with E-state index >= 15 is 0 Å². The van der Waals surface area contributed by atoms with Crippen LogP contribution in [0.15, 0.2) is 42.5 Å². The fraction of sp³-hybridized carbons (Fsp3) is 0.333. The first-order valence-electron chi connectivity index (χ1n) is 7.23. The molecule has 0 aromatic heterocycles. The Morgan fingerprint density at radius 3 is 2.84 bits per heavy atom. The number of nitrogens with one attached hydrogen (secondary N) is 1. The van der Waals surface area contributed by atoms with Gasteiger partial charge in [0.1, 0.15) is 0 Å². The molecule has 0 atom stereocenters. The molecule has 0 radical (unpaired) electrons. The summed E-state index contributed by atoms with van der Waals surface area (Å²) < 4.78 is 0. The molecule has 0 aliphatic carbocycles. The second-order valence-corrected chi connectivity index (χ2v) is 5.47. The van der Waals surface area contributed by atoms with E-state index in [0.29, 0.717) is 0 Å². The van der Waals surface area contributed by atoms with Crippen LogP contribution in [0.1, 0.15) is 28.7 Å². The monoisotopic (exact) mass is 251 g/mol. The number of para-hydroxylation sites is 1. The summed E-state index contributed by atoms with van der Waals surface area (Å²) in [6.45, 7) is 3.28. The standard InChI is InChI=1S/C18H21N/c1-14-5-2-6-15(13-14)10-11-17-8-3-7-16-9-4-12-19-18(16)17/h2-3,5-8,13,19H,4,9-12H2,1H3. The molecule has 0 saturated carbocycles. The number of benzene rings is 2. The summed E-state index contributed by atoms with van der Waals surface area (Å²) in [7, 11) is 0. The average Bonchev–Trinajstić information content (AvgIpc) is 2.45. The van der Waals surface area contributed by atoms with Crippen molar-refractivity contribution in [2.75, 3.05) is 11.9 Å². The molecule has 19 heavy (non-hydrogen) atoms. The first-order valence-corrected chi connectivity index (χ1v) is 7.23. The number of hydrogen-bond acceptors (Lipinski definition) is 1. The van der Waals surface area contributed by atoms with Gasteiger partial charge < -0.3 is 5.32 Å². The van der Waals surface area contributed by atoms with E-state index < -0.39 is 0 Å². The Balaban J connectivity index is 1.77. The van der Waals surface area contributed by atoms with Crippen LogP contribution >= 0.6 is 0 Å². The van der Waals surface area contributed by atoms with Gasteiger partial charge in [0.25, 0.3) is 0 Å². The molecule has 1 aliphatic rings. The molecular formula is C18H21N. The number of fused-ring (bicyclic) bond motifs is 1. The summed E-state index contributed by atoms with van der Waals surface area (Å²) in [5.74, 6) is 0. The van der Waals surface area contributed by atoms with Crippen molar-refractivity contribution in [3.63, 3.8) is 0 Å². The third kappa shape index (κ3) is 2.81. The number of aryl methyl sites for hydroxylation is 4. The van der Waals surface area contributed by atoms with Gasteiger partial charge >= 0.3 is 0 Å². The van der Waals surface area contributed by atoms with Gasteiger partial charge in [0.15, 0.2) is 0 Å². The highest BCUT2D eigenvalue weighted by Gasteiger charge is 2.11. The van der Waals surface area contributed by atoms with Crippen molar-refractivity contribution in [2.24, 2.45) is 0 Å². The molecule has 1 N–H and O–H groups in total. The minimum Gasteiger partial charge on any atom is -0.385 e. The van der Waals surface area contributed by atoms with Gasteiger partial charge in [-0.15, -0.1) is 0 Å². The Labute approximate surface area is 115 Å². The minimum absolute atomic E-state index is 1.12. The molecule has 0 saturated heterocycles. The predicted molar refractivity (Wildman–Crippen MR) is 81.8 cm³/mol. The molecule has 0 bridgehead atoms. The fourth-order valence-corrected chi connectivity index (χ4v) is 2.94. The maximum Gasteiger partial charge on any atom is 0.0405 e. The van der Waals surface area contributed by atoms with Crippen LogP contribution in [0.3, 0.4) is 0 Å². The van der Waals surface area contributed by atoms with Crippen LogP contribution in [0, 0.1) is 6.92 Å². The van der Waals surface area contributed by atoms with Gasteiger partial charge in [-0.1, -0.05) is 48.0 Å². The third-order valence-electron chi connectivity index (χ3n) is 3.93. The van der Waals surface area contributed by atoms with E-state index in [4.69, 9.17) is 0 Å². The molecule has 2 aromatic rings. The average molecular weight is 251 g/mol. The normalized spacial score (nSPS) is 13.7. The summed E-state index contributed by atoms with van der Waals surface area (Å²) in [5.41, 5.74) is 7.16. The van der Waals surface area contributed by atoms with Crippen LogP contribution in [0.25, 0.3) is 0 Å². The maximum absolute atomic E-state index is 3.58. The molecule has 3 rings (SSSR count). The third-order valence-corrected chi connectivity index (χ3v) is 3.93. The van der Waals surface area contributed by atoms with Crippen LogP contribution in [0.5, 0.6) is 0 Å². The lowest BCUT2D eigenvalue weighted by Crippen LogP contribution is -2.13. The molecule has 1 aliphatic heterocycles. The molecular weight excluding hydrogens is 230 g/mol. The van der Waals surface area contributed by atoms with Gasteiger partial charge in [0.05, 0.1) is 0 Å². The van der Waals surface area contributed by atoms with Crippen LogP contribution in [-0.2, 0) is 19.3 Å². The molecule has 2 aromatic carbocycles. The van der Waals surface area contributed by atoms with E-state index in [-0.39, 0.29) is 0 Å². The minimum atomic E-state index is 1.12. The second kappa shape index (κ2) is 5.48. The van der Waals surface area contributed by atoms with E-state index in [2.05, 4.69) is 54.7 Å². The van der Waals surface area contributed by atoms with E-state index in [0.717, 1.165) is 19.4 Å². The van der Waals surface area contributed by atoms with Gasteiger partial charge in [-0.05, 0) is 49.3 Å². The lowest BCUT2D eigenvalue weighted by atomic mass is 9.95. The molecule has 0 spiro atoms. The Hall–Kier alpha value is -1.76. The van der Waals surface area contributed by atoms with Gasteiger partial charge in [-0.25, -0.2) is 0 Å². The Kier molecular flexibility index (Phi) is 3.54. The quantitative estimate of drug-likeness (QED) is 0.864. The predicted octanol–water partition coefficient (Wildman–Crippen LogP) is 4.14. The highest BCUT2D eigenvalue weighted by atomic mass is 14.9. The lowest BCUT2D eigenvalue weighted by Gasteiger charge is -2.21. The van der Waals surface area contributed by atoms with E-state index in [1.165, 1.54) is 40.8 Å². The highest BCUT2D eigenvalue weighted by Crippen LogP contribution is 2.27. The Bertz CT molecular complexity index is 572. The SMILES string of the molecule is Cc1cccc(CCc2cccc3c2NCCC3)c1. The van der Waals surface area contributed by atoms with E-state index in [9.17, 15) is 0 Å². The summed E-state index contributed by atoms with van der Waals surface area (Å²) in [5, 5.41) is 3.58. The van der Waals surface area contributed by atoms with Gasteiger partial charge in [0, 0.05) is 12.2 Å². The smallest absolute Gasteiger partial charge is 0.0405 e. The van der Waals surface area contributed by atoms with Crippen molar-refractivity contribution in [1.82, 2.24) is 0 Å². The zero-order valence-corrected chi connectivity index (χ0v) is 11.6. The summed E-state index contributed by atoms with van der Waals surface area (Å²) in [6, 6.07) is 15.6. The molecule has 0 unspecified atom stereocenters. The lowest BCUT2D eigenvalue weighted by molar-refractivity contribution is 0.820. The molecule has 98 valence electrons. The second-order valence-electron chi connectivity index (χ2n) is 5.47. The van der Waals surface area contributed by atoms with Crippen LogP contribution < -0.4 is 5.32 Å². The summed E-state index contributed by atoms with van der Waals surface area (Å²) in [4.78, 5) is 0. The zero-order chi connectivity index (χ0) is 13.1. The van der Waals surface area contributed by atoms with Gasteiger partial charge in [0.2, 0.25) is 0 Å². The summed E-state index contributed by atoms with van der Waals surface area (Å²) in [6.07, 6.45) is 4.73. The molecule has 1 nitrogen and oxygen atoms in total.